The Kier molecular flexibility index (Phi) is 4.25. The summed E-state index contributed by atoms with van der Waals surface area (Å²) in [4.78, 5) is 0.711. The Hall–Kier alpha value is -2.64. The number of benzene rings is 2. The van der Waals surface area contributed by atoms with Crippen molar-refractivity contribution < 1.29 is 9.47 Å². The summed E-state index contributed by atoms with van der Waals surface area (Å²) in [5, 5.41) is 14.4. The molecule has 0 fully saturated rings. The van der Waals surface area contributed by atoms with Gasteiger partial charge in [0.05, 0.1) is 7.11 Å². The second-order valence-electron chi connectivity index (χ2n) is 5.19. The Morgan fingerprint density at radius 3 is 2.64 bits per heavy atom. The molecule has 4 aromatic rings. The Bertz CT molecular complexity index is 1010. The van der Waals surface area contributed by atoms with Gasteiger partial charge in [0.1, 0.15) is 23.1 Å². The number of methoxy groups -OCH3 is 1. The number of nitrogens with zero attached hydrogens (tertiary/aromatic N) is 4. The van der Waals surface area contributed by atoms with E-state index in [2.05, 4.69) is 15.3 Å². The van der Waals surface area contributed by atoms with E-state index >= 15 is 0 Å². The third-order valence-electron chi connectivity index (χ3n) is 3.55. The smallest absolute Gasteiger partial charge is 0.235 e. The molecule has 0 unspecified atom stereocenters. The minimum atomic E-state index is 0.270. The van der Waals surface area contributed by atoms with Gasteiger partial charge in [-0.1, -0.05) is 35.1 Å². The van der Waals surface area contributed by atoms with E-state index in [1.54, 1.807) is 11.6 Å². The van der Waals surface area contributed by atoms with E-state index in [0.29, 0.717) is 15.8 Å². The first-order chi connectivity index (χ1) is 12.2. The fraction of sp³-hybridized carbons (Fsp3) is 0.118. The maximum atomic E-state index is 6.05. The van der Waals surface area contributed by atoms with Gasteiger partial charge in [0, 0.05) is 10.6 Å². The summed E-state index contributed by atoms with van der Waals surface area (Å²) in [6.45, 7) is 0.270. The Balaban J connectivity index is 1.56. The molecule has 8 heteroatoms. The number of aromatic nitrogens is 4. The summed E-state index contributed by atoms with van der Waals surface area (Å²) in [6, 6.07) is 14.9. The molecule has 2 aromatic heterocycles. The topological polar surface area (TPSA) is 61.5 Å². The molecule has 0 N–H and O–H groups in total. The maximum Gasteiger partial charge on any atom is 0.235 e. The fourth-order valence-corrected chi connectivity index (χ4v) is 3.35. The van der Waals surface area contributed by atoms with Crippen molar-refractivity contribution in [1.82, 2.24) is 19.8 Å². The van der Waals surface area contributed by atoms with E-state index in [1.807, 2.05) is 48.5 Å². The summed E-state index contributed by atoms with van der Waals surface area (Å²) in [6.07, 6.45) is 0. The van der Waals surface area contributed by atoms with Crippen LogP contribution in [-0.2, 0) is 6.61 Å². The minimum absolute atomic E-state index is 0.270. The normalized spacial score (nSPS) is 11.0. The van der Waals surface area contributed by atoms with Crippen LogP contribution in [0.4, 0.5) is 0 Å². The van der Waals surface area contributed by atoms with Crippen LogP contribution in [0.5, 0.6) is 11.5 Å². The van der Waals surface area contributed by atoms with Gasteiger partial charge >= 0.3 is 0 Å². The molecule has 0 spiro atoms. The highest BCUT2D eigenvalue weighted by Gasteiger charge is 2.13. The molecule has 0 radical (unpaired) electrons. The molecule has 4 rings (SSSR count). The van der Waals surface area contributed by atoms with Crippen LogP contribution in [0.3, 0.4) is 0 Å². The third kappa shape index (κ3) is 3.29. The molecule has 126 valence electrons. The second-order valence-corrected chi connectivity index (χ2v) is 6.58. The zero-order chi connectivity index (χ0) is 17.2. The maximum absolute atomic E-state index is 6.05. The lowest BCUT2D eigenvalue weighted by Gasteiger charge is -2.05. The molecule has 0 aliphatic carbocycles. The Morgan fingerprint density at radius 1 is 1.08 bits per heavy atom. The average Bonchev–Trinajstić information content (AvgIpc) is 3.21. The molecule has 0 saturated heterocycles. The molecule has 0 amide bonds. The standard InChI is InChI=1S/C17H13ClN4O2S/c1-23-13-5-7-14(8-6-13)24-10-15-19-20-17-22(15)21-16(25-17)11-3-2-4-12(18)9-11/h2-9H,10H2,1H3. The molecule has 6 nitrogen and oxygen atoms in total. The lowest BCUT2D eigenvalue weighted by molar-refractivity contribution is 0.292. The Morgan fingerprint density at radius 2 is 1.88 bits per heavy atom. The first-order valence-corrected chi connectivity index (χ1v) is 8.66. The molecule has 2 heterocycles. The van der Waals surface area contributed by atoms with Crippen molar-refractivity contribution in [3.8, 4) is 22.1 Å². The molecule has 0 atom stereocenters. The molecule has 0 aliphatic heterocycles. The van der Waals surface area contributed by atoms with Gasteiger partial charge in [0.2, 0.25) is 4.96 Å². The average molecular weight is 373 g/mol. The van der Waals surface area contributed by atoms with Crippen molar-refractivity contribution in [1.29, 1.82) is 0 Å². The highest BCUT2D eigenvalue weighted by Crippen LogP contribution is 2.27. The number of rotatable bonds is 5. The van der Waals surface area contributed by atoms with Crippen molar-refractivity contribution >= 4 is 27.9 Å². The van der Waals surface area contributed by atoms with Crippen molar-refractivity contribution in [2.75, 3.05) is 7.11 Å². The van der Waals surface area contributed by atoms with Crippen LogP contribution in [-0.4, -0.2) is 26.9 Å². The predicted molar refractivity (Wildman–Crippen MR) is 96.4 cm³/mol. The van der Waals surface area contributed by atoms with Crippen molar-refractivity contribution in [3.63, 3.8) is 0 Å². The summed E-state index contributed by atoms with van der Waals surface area (Å²) >= 11 is 7.50. The van der Waals surface area contributed by atoms with Gasteiger partial charge in [-0.2, -0.15) is 9.61 Å². The number of hydrogen-bond donors (Lipinski definition) is 0. The van der Waals surface area contributed by atoms with Gasteiger partial charge in [-0.25, -0.2) is 0 Å². The summed E-state index contributed by atoms with van der Waals surface area (Å²) in [5.41, 5.74) is 0.949. The van der Waals surface area contributed by atoms with Crippen LogP contribution in [0.2, 0.25) is 5.02 Å². The molecule has 0 aliphatic rings. The summed E-state index contributed by atoms with van der Waals surface area (Å²) in [7, 11) is 1.63. The lowest BCUT2D eigenvalue weighted by atomic mass is 10.2. The minimum Gasteiger partial charge on any atom is -0.497 e. The van der Waals surface area contributed by atoms with E-state index in [4.69, 9.17) is 21.1 Å². The number of ether oxygens (including phenoxy) is 2. The first-order valence-electron chi connectivity index (χ1n) is 7.47. The van der Waals surface area contributed by atoms with Crippen LogP contribution in [0, 0.1) is 0 Å². The van der Waals surface area contributed by atoms with Gasteiger partial charge in [-0.05, 0) is 36.4 Å². The molecular weight excluding hydrogens is 360 g/mol. The summed E-state index contributed by atoms with van der Waals surface area (Å²) in [5.74, 6) is 2.14. The van der Waals surface area contributed by atoms with Crippen LogP contribution < -0.4 is 9.47 Å². The summed E-state index contributed by atoms with van der Waals surface area (Å²) < 4.78 is 12.6. The highest BCUT2D eigenvalue weighted by molar-refractivity contribution is 7.19. The van der Waals surface area contributed by atoms with Gasteiger partial charge in [0.15, 0.2) is 5.82 Å². The van der Waals surface area contributed by atoms with Crippen LogP contribution in [0.1, 0.15) is 5.82 Å². The number of fused-ring (bicyclic) bond motifs is 1. The van der Waals surface area contributed by atoms with E-state index in [1.165, 1.54) is 11.3 Å². The van der Waals surface area contributed by atoms with E-state index in [0.717, 1.165) is 22.1 Å². The number of halogens is 1. The van der Waals surface area contributed by atoms with Gasteiger partial charge < -0.3 is 9.47 Å². The van der Waals surface area contributed by atoms with Gasteiger partial charge in [0.25, 0.3) is 0 Å². The second kappa shape index (κ2) is 6.70. The SMILES string of the molecule is COc1ccc(OCc2nnc3sc(-c4cccc(Cl)c4)nn23)cc1. The quantitative estimate of drug-likeness (QED) is 0.528. The number of hydrogen-bond acceptors (Lipinski definition) is 6. The largest absolute Gasteiger partial charge is 0.497 e. The van der Waals surface area contributed by atoms with E-state index < -0.39 is 0 Å². The highest BCUT2D eigenvalue weighted by atomic mass is 35.5. The molecule has 0 bridgehead atoms. The molecule has 0 saturated carbocycles. The van der Waals surface area contributed by atoms with Gasteiger partial charge in [-0.15, -0.1) is 10.2 Å². The fourth-order valence-electron chi connectivity index (χ4n) is 2.31. The van der Waals surface area contributed by atoms with E-state index in [-0.39, 0.29) is 6.61 Å². The lowest BCUT2D eigenvalue weighted by Crippen LogP contribution is -2.02. The molecule has 25 heavy (non-hydrogen) atoms. The zero-order valence-corrected chi connectivity index (χ0v) is 14.8. The Labute approximate surface area is 152 Å². The van der Waals surface area contributed by atoms with Crippen LogP contribution >= 0.6 is 22.9 Å². The first kappa shape index (κ1) is 15.9. The predicted octanol–water partition coefficient (Wildman–Crippen LogP) is 4.09. The monoisotopic (exact) mass is 372 g/mol. The molecule has 2 aromatic carbocycles. The van der Waals surface area contributed by atoms with Crippen LogP contribution in [0.25, 0.3) is 15.5 Å². The van der Waals surface area contributed by atoms with Crippen LogP contribution in [0.15, 0.2) is 48.5 Å². The van der Waals surface area contributed by atoms with Crippen molar-refractivity contribution in [3.05, 3.63) is 59.4 Å². The molecular formula is C17H13ClN4O2S. The van der Waals surface area contributed by atoms with Crippen molar-refractivity contribution in [2.24, 2.45) is 0 Å². The zero-order valence-electron chi connectivity index (χ0n) is 13.2. The third-order valence-corrected chi connectivity index (χ3v) is 4.74. The van der Waals surface area contributed by atoms with Gasteiger partial charge in [-0.3, -0.25) is 0 Å². The van der Waals surface area contributed by atoms with Crippen molar-refractivity contribution in [2.45, 2.75) is 6.61 Å². The van der Waals surface area contributed by atoms with E-state index in [9.17, 15) is 0 Å².